The molecular weight excluding hydrogens is 290 g/mol. The number of imidazole rings is 2. The van der Waals surface area contributed by atoms with Crippen molar-refractivity contribution < 1.29 is 0 Å². The van der Waals surface area contributed by atoms with Gasteiger partial charge >= 0.3 is 0 Å². The summed E-state index contributed by atoms with van der Waals surface area (Å²) in [6.07, 6.45) is 4.12. The molecule has 1 aromatic carbocycles. The number of benzene rings is 1. The number of nitrogens with zero attached hydrogens (tertiary/aromatic N) is 6. The molecule has 0 unspecified atom stereocenters. The van der Waals surface area contributed by atoms with E-state index in [0.717, 1.165) is 36.2 Å². The van der Waals surface area contributed by atoms with Crippen LogP contribution in [0.15, 0.2) is 30.5 Å². The van der Waals surface area contributed by atoms with Crippen LogP contribution >= 0.6 is 0 Å². The van der Waals surface area contributed by atoms with E-state index in [1.54, 1.807) is 0 Å². The smallest absolute Gasteiger partial charge is 0.215 e. The second-order valence-electron chi connectivity index (χ2n) is 5.42. The van der Waals surface area contributed by atoms with Crippen molar-refractivity contribution in [1.82, 2.24) is 29.4 Å². The first kappa shape index (κ1) is 13.5. The average Bonchev–Trinajstić information content (AvgIpc) is 3.27. The van der Waals surface area contributed by atoms with Crippen LogP contribution in [-0.2, 0) is 6.54 Å². The van der Waals surface area contributed by atoms with Gasteiger partial charge in [0.15, 0.2) is 11.4 Å². The van der Waals surface area contributed by atoms with Gasteiger partial charge in [0.2, 0.25) is 5.78 Å². The highest BCUT2D eigenvalue weighted by molar-refractivity contribution is 5.82. The Kier molecular flexibility index (Phi) is 3.08. The topological polar surface area (TPSA) is 87.6 Å². The van der Waals surface area contributed by atoms with E-state index in [1.165, 1.54) is 0 Å². The maximum atomic E-state index is 9.12. The summed E-state index contributed by atoms with van der Waals surface area (Å²) < 4.78 is 4.27. The Balaban J connectivity index is 1.97. The van der Waals surface area contributed by atoms with Crippen molar-refractivity contribution in [2.24, 2.45) is 0 Å². The molecule has 0 bridgehead atoms. The zero-order valence-electron chi connectivity index (χ0n) is 12.7. The van der Waals surface area contributed by atoms with Gasteiger partial charge in [-0.15, -0.1) is 5.10 Å². The Morgan fingerprint density at radius 2 is 2.04 bits per heavy atom. The molecule has 23 heavy (non-hydrogen) atoms. The molecule has 0 saturated heterocycles. The molecule has 0 fully saturated rings. The maximum Gasteiger partial charge on any atom is 0.215 e. The van der Waals surface area contributed by atoms with Crippen LogP contribution in [0.5, 0.6) is 0 Å². The monoisotopic (exact) mass is 305 g/mol. The second kappa shape index (κ2) is 5.25. The number of unbranched alkanes of at least 4 members (excludes halogenated alkanes) is 1. The minimum Gasteiger partial charge on any atom is -0.310 e. The number of para-hydroxylation sites is 2. The highest BCUT2D eigenvalue weighted by atomic mass is 15.3. The lowest BCUT2D eigenvalue weighted by molar-refractivity contribution is 0.657. The summed E-state index contributed by atoms with van der Waals surface area (Å²) in [6.45, 7) is 3.09. The normalized spacial score (nSPS) is 11.3. The van der Waals surface area contributed by atoms with Gasteiger partial charge in [-0.2, -0.15) is 15.6 Å². The SMILES string of the molecule is CCCCn1c2ccccc2n2cc(-c3n[nH]nc3C#N)nc12. The van der Waals surface area contributed by atoms with Crippen LogP contribution in [0.25, 0.3) is 28.2 Å². The van der Waals surface area contributed by atoms with E-state index < -0.39 is 0 Å². The van der Waals surface area contributed by atoms with Crippen molar-refractivity contribution in [2.45, 2.75) is 26.3 Å². The van der Waals surface area contributed by atoms with E-state index in [0.29, 0.717) is 11.4 Å². The minimum atomic E-state index is 0.259. The first-order valence-corrected chi connectivity index (χ1v) is 7.61. The molecule has 4 aromatic rings. The number of aromatic amines is 1. The lowest BCUT2D eigenvalue weighted by atomic mass is 10.2. The number of fused-ring (bicyclic) bond motifs is 3. The van der Waals surface area contributed by atoms with Gasteiger partial charge in [-0.1, -0.05) is 25.5 Å². The van der Waals surface area contributed by atoms with Crippen molar-refractivity contribution in [3.05, 3.63) is 36.2 Å². The fourth-order valence-corrected chi connectivity index (χ4v) is 2.88. The van der Waals surface area contributed by atoms with Crippen LogP contribution in [0, 0.1) is 11.3 Å². The van der Waals surface area contributed by atoms with Gasteiger partial charge in [-0.05, 0) is 18.6 Å². The molecule has 3 aromatic heterocycles. The third-order valence-corrected chi connectivity index (χ3v) is 3.99. The van der Waals surface area contributed by atoms with Crippen LogP contribution in [-0.4, -0.2) is 29.4 Å². The number of nitrogens with one attached hydrogen (secondary N) is 1. The summed E-state index contributed by atoms with van der Waals surface area (Å²) in [7, 11) is 0. The Morgan fingerprint density at radius 1 is 1.22 bits per heavy atom. The highest BCUT2D eigenvalue weighted by Gasteiger charge is 2.18. The summed E-state index contributed by atoms with van der Waals surface area (Å²) in [5, 5.41) is 19.5. The van der Waals surface area contributed by atoms with Gasteiger partial charge in [-0.3, -0.25) is 4.40 Å². The number of hydrogen-bond donors (Lipinski definition) is 1. The Hall–Kier alpha value is -3.14. The lowest BCUT2D eigenvalue weighted by Gasteiger charge is -2.03. The molecule has 7 heteroatoms. The summed E-state index contributed by atoms with van der Waals surface area (Å²) in [5.41, 5.74) is 3.66. The maximum absolute atomic E-state index is 9.12. The second-order valence-corrected chi connectivity index (χ2v) is 5.42. The van der Waals surface area contributed by atoms with Crippen molar-refractivity contribution in [1.29, 1.82) is 5.26 Å². The lowest BCUT2D eigenvalue weighted by Crippen LogP contribution is -1.98. The molecular formula is C16H15N7. The molecule has 0 aliphatic carbocycles. The van der Waals surface area contributed by atoms with Crippen molar-refractivity contribution in [3.8, 4) is 17.5 Å². The molecule has 4 rings (SSSR count). The quantitative estimate of drug-likeness (QED) is 0.628. The van der Waals surface area contributed by atoms with Crippen molar-refractivity contribution >= 4 is 16.8 Å². The van der Waals surface area contributed by atoms with Gasteiger partial charge in [0, 0.05) is 12.7 Å². The third kappa shape index (κ3) is 1.99. The summed E-state index contributed by atoms with van der Waals surface area (Å²) in [5.74, 6) is 0.863. The number of aryl methyl sites for hydroxylation is 1. The summed E-state index contributed by atoms with van der Waals surface area (Å²) in [6, 6.07) is 10.3. The number of nitriles is 1. The van der Waals surface area contributed by atoms with Gasteiger partial charge in [0.25, 0.3) is 0 Å². The number of rotatable bonds is 4. The van der Waals surface area contributed by atoms with E-state index in [-0.39, 0.29) is 5.69 Å². The van der Waals surface area contributed by atoms with Crippen LogP contribution in [0.3, 0.4) is 0 Å². The number of aromatic nitrogens is 6. The fraction of sp³-hybridized carbons (Fsp3) is 0.250. The van der Waals surface area contributed by atoms with E-state index in [4.69, 9.17) is 10.2 Å². The molecule has 1 N–H and O–H groups in total. The molecule has 0 spiro atoms. The van der Waals surface area contributed by atoms with Crippen molar-refractivity contribution in [3.63, 3.8) is 0 Å². The standard InChI is InChI=1S/C16H15N7/c1-2-3-8-22-13-6-4-5-7-14(13)23-10-12(18-16(22)23)15-11(9-17)19-21-20-15/h4-7,10H,2-3,8H2,1H3,(H,19,20,21). The molecule has 0 aliphatic rings. The molecule has 0 saturated carbocycles. The fourth-order valence-electron chi connectivity index (χ4n) is 2.88. The third-order valence-electron chi connectivity index (χ3n) is 3.99. The van der Waals surface area contributed by atoms with E-state index >= 15 is 0 Å². The summed E-state index contributed by atoms with van der Waals surface area (Å²) in [4.78, 5) is 4.71. The molecule has 0 amide bonds. The Labute approximate surface area is 132 Å². The van der Waals surface area contributed by atoms with E-state index in [2.05, 4.69) is 43.4 Å². The van der Waals surface area contributed by atoms with Crippen LogP contribution in [0.1, 0.15) is 25.5 Å². The molecule has 114 valence electrons. The molecule has 0 atom stereocenters. The molecule has 7 nitrogen and oxygen atoms in total. The number of hydrogen-bond acceptors (Lipinski definition) is 4. The number of H-pyrrole nitrogens is 1. The van der Waals surface area contributed by atoms with E-state index in [9.17, 15) is 0 Å². The van der Waals surface area contributed by atoms with Crippen LogP contribution in [0.2, 0.25) is 0 Å². The zero-order valence-corrected chi connectivity index (χ0v) is 12.7. The zero-order chi connectivity index (χ0) is 15.8. The molecule has 0 aliphatic heterocycles. The van der Waals surface area contributed by atoms with Crippen LogP contribution < -0.4 is 0 Å². The predicted molar refractivity (Wildman–Crippen MR) is 85.7 cm³/mol. The Morgan fingerprint density at radius 3 is 2.83 bits per heavy atom. The van der Waals surface area contributed by atoms with E-state index in [1.807, 2.05) is 24.4 Å². The predicted octanol–water partition coefficient (Wildman–Crippen LogP) is 2.75. The largest absolute Gasteiger partial charge is 0.310 e. The van der Waals surface area contributed by atoms with Crippen molar-refractivity contribution in [2.75, 3.05) is 0 Å². The first-order chi connectivity index (χ1) is 11.3. The van der Waals surface area contributed by atoms with Gasteiger partial charge in [-0.25, -0.2) is 4.98 Å². The highest BCUT2D eigenvalue weighted by Crippen LogP contribution is 2.25. The molecule has 3 heterocycles. The minimum absolute atomic E-state index is 0.259. The average molecular weight is 305 g/mol. The first-order valence-electron chi connectivity index (χ1n) is 7.61. The van der Waals surface area contributed by atoms with Gasteiger partial charge in [0.1, 0.15) is 11.8 Å². The van der Waals surface area contributed by atoms with Crippen LogP contribution in [0.4, 0.5) is 0 Å². The summed E-state index contributed by atoms with van der Waals surface area (Å²) >= 11 is 0. The van der Waals surface area contributed by atoms with Gasteiger partial charge < -0.3 is 4.57 Å². The molecule has 0 radical (unpaired) electrons. The van der Waals surface area contributed by atoms with Gasteiger partial charge in [0.05, 0.1) is 11.0 Å². The Bertz CT molecular complexity index is 1030.